The molecule has 6 rings (SSSR count). The van der Waals surface area contributed by atoms with Gasteiger partial charge in [-0.15, -0.1) is 0 Å². The van der Waals surface area contributed by atoms with Crippen LogP contribution in [0.3, 0.4) is 0 Å². The highest BCUT2D eigenvalue weighted by molar-refractivity contribution is 6.06. The maximum absolute atomic E-state index is 14.6. The number of benzene rings is 2. The Balaban J connectivity index is 1.19. The Labute approximate surface area is 207 Å². The van der Waals surface area contributed by atoms with Gasteiger partial charge in [-0.3, -0.25) is 29.6 Å². The van der Waals surface area contributed by atoms with Gasteiger partial charge in [0.05, 0.1) is 5.52 Å². The molecule has 1 aromatic heterocycles. The van der Waals surface area contributed by atoms with Crippen molar-refractivity contribution >= 4 is 34.3 Å². The fourth-order valence-corrected chi connectivity index (χ4v) is 5.57. The number of piperazine rings is 1. The summed E-state index contributed by atoms with van der Waals surface area (Å²) in [4.78, 5) is 47.6. The molecule has 0 spiro atoms. The molecule has 3 aromatic rings. The Morgan fingerprint density at radius 2 is 1.83 bits per heavy atom. The maximum Gasteiger partial charge on any atom is 0.255 e. The number of carbonyl (C=O) groups is 3. The molecule has 2 saturated heterocycles. The van der Waals surface area contributed by atoms with Gasteiger partial charge < -0.3 is 9.80 Å². The highest BCUT2D eigenvalue weighted by atomic mass is 19.1. The van der Waals surface area contributed by atoms with E-state index in [0.29, 0.717) is 24.3 Å². The zero-order chi connectivity index (χ0) is 24.8. The van der Waals surface area contributed by atoms with Crippen LogP contribution in [0, 0.1) is 5.82 Å². The van der Waals surface area contributed by atoms with E-state index in [-0.39, 0.29) is 31.2 Å². The van der Waals surface area contributed by atoms with E-state index in [1.54, 1.807) is 0 Å². The molecule has 0 radical (unpaired) electrons. The largest absolute Gasteiger partial charge is 0.369 e. The molecule has 1 unspecified atom stereocenters. The zero-order valence-electron chi connectivity index (χ0n) is 19.7. The van der Waals surface area contributed by atoms with Crippen molar-refractivity contribution in [3.63, 3.8) is 0 Å². The summed E-state index contributed by atoms with van der Waals surface area (Å²) in [6.45, 7) is 3.99. The summed E-state index contributed by atoms with van der Waals surface area (Å²) in [7, 11) is 0. The monoisotopic (exact) mass is 487 g/mol. The summed E-state index contributed by atoms with van der Waals surface area (Å²) in [6, 6.07) is 12.3. The number of rotatable bonds is 4. The minimum absolute atomic E-state index is 0.186. The van der Waals surface area contributed by atoms with Crippen molar-refractivity contribution in [2.24, 2.45) is 0 Å². The molecule has 184 valence electrons. The lowest BCUT2D eigenvalue weighted by atomic mass is 10.0. The van der Waals surface area contributed by atoms with E-state index < -0.39 is 17.8 Å². The van der Waals surface area contributed by atoms with Crippen molar-refractivity contribution in [1.29, 1.82) is 0 Å². The molecule has 3 amide bonds. The minimum atomic E-state index is -0.718. The van der Waals surface area contributed by atoms with Crippen LogP contribution < -0.4 is 10.2 Å². The molecule has 3 aliphatic rings. The third kappa shape index (κ3) is 3.99. The van der Waals surface area contributed by atoms with Gasteiger partial charge in [0.2, 0.25) is 11.8 Å². The van der Waals surface area contributed by atoms with Crippen molar-refractivity contribution < 1.29 is 18.8 Å². The molecular weight excluding hydrogens is 461 g/mol. The van der Waals surface area contributed by atoms with E-state index >= 15 is 0 Å². The average Bonchev–Trinajstić information content (AvgIpc) is 3.20. The first kappa shape index (κ1) is 22.6. The molecule has 1 N–H and O–H groups in total. The van der Waals surface area contributed by atoms with Crippen LogP contribution in [-0.4, -0.2) is 64.7 Å². The lowest BCUT2D eigenvalue weighted by Gasteiger charge is -2.37. The maximum atomic E-state index is 14.6. The molecule has 0 aliphatic carbocycles. The van der Waals surface area contributed by atoms with Gasteiger partial charge in [-0.25, -0.2) is 4.39 Å². The number of para-hydroxylation sites is 1. The number of hydrogen-bond acceptors (Lipinski definition) is 6. The van der Waals surface area contributed by atoms with Crippen LogP contribution in [-0.2, 0) is 22.7 Å². The fourth-order valence-electron chi connectivity index (χ4n) is 5.57. The SMILES string of the molecule is O=C1CCC(N2Cc3c(cc(F)cc3N3CCN(Cc4cccc5cccnc45)CC3)C2=O)C(=O)N1. The Morgan fingerprint density at radius 3 is 2.64 bits per heavy atom. The van der Waals surface area contributed by atoms with Crippen LogP contribution in [0.2, 0.25) is 0 Å². The van der Waals surface area contributed by atoms with E-state index in [4.69, 9.17) is 0 Å². The summed E-state index contributed by atoms with van der Waals surface area (Å²) in [5.74, 6) is -1.62. The van der Waals surface area contributed by atoms with Gasteiger partial charge >= 0.3 is 0 Å². The fraction of sp³-hybridized carbons (Fsp3) is 0.333. The highest BCUT2D eigenvalue weighted by Gasteiger charge is 2.41. The van der Waals surface area contributed by atoms with Gasteiger partial charge in [0.25, 0.3) is 5.91 Å². The molecule has 3 aliphatic heterocycles. The van der Waals surface area contributed by atoms with Gasteiger partial charge in [0, 0.05) is 74.1 Å². The molecule has 1 atom stereocenters. The van der Waals surface area contributed by atoms with Crippen molar-refractivity contribution in [2.45, 2.75) is 32.0 Å². The van der Waals surface area contributed by atoms with E-state index in [1.807, 2.05) is 12.3 Å². The second-order valence-corrected chi connectivity index (χ2v) is 9.61. The van der Waals surface area contributed by atoms with Crippen LogP contribution in [0.25, 0.3) is 10.9 Å². The van der Waals surface area contributed by atoms with Gasteiger partial charge in [-0.2, -0.15) is 0 Å². The van der Waals surface area contributed by atoms with Crippen molar-refractivity contribution in [3.05, 3.63) is 71.2 Å². The molecule has 4 heterocycles. The van der Waals surface area contributed by atoms with Crippen LogP contribution in [0.15, 0.2) is 48.7 Å². The number of halogens is 1. The second-order valence-electron chi connectivity index (χ2n) is 9.61. The first-order chi connectivity index (χ1) is 17.5. The van der Waals surface area contributed by atoms with E-state index in [2.05, 4.69) is 44.4 Å². The number of fused-ring (bicyclic) bond motifs is 2. The smallest absolute Gasteiger partial charge is 0.255 e. The normalized spacial score (nSPS) is 20.7. The number of nitrogens with zero attached hydrogens (tertiary/aromatic N) is 4. The first-order valence-electron chi connectivity index (χ1n) is 12.2. The zero-order valence-corrected chi connectivity index (χ0v) is 19.7. The number of piperidine rings is 1. The lowest BCUT2D eigenvalue weighted by molar-refractivity contribution is -0.136. The lowest BCUT2D eigenvalue weighted by Crippen LogP contribution is -2.52. The van der Waals surface area contributed by atoms with Gasteiger partial charge in [0.1, 0.15) is 11.9 Å². The standard InChI is InChI=1S/C27H26FN5O3/c28-19-13-20-21(16-33(27(20)36)22-6-7-24(34)30-26(22)35)23(14-19)32-11-9-31(10-12-32)15-18-4-1-3-17-5-2-8-29-25(17)18/h1-5,8,13-14,22H,6-7,9-12,15-16H2,(H,30,34,35). The Morgan fingerprint density at radius 1 is 1.03 bits per heavy atom. The minimum Gasteiger partial charge on any atom is -0.369 e. The predicted octanol–water partition coefficient (Wildman–Crippen LogP) is 2.46. The van der Waals surface area contributed by atoms with Crippen LogP contribution in [0.1, 0.15) is 34.3 Å². The van der Waals surface area contributed by atoms with Gasteiger partial charge in [-0.05, 0) is 30.2 Å². The number of imide groups is 1. The van der Waals surface area contributed by atoms with Gasteiger partial charge in [-0.1, -0.05) is 24.3 Å². The van der Waals surface area contributed by atoms with E-state index in [0.717, 1.165) is 36.1 Å². The van der Waals surface area contributed by atoms with E-state index in [9.17, 15) is 18.8 Å². The van der Waals surface area contributed by atoms with Crippen LogP contribution in [0.5, 0.6) is 0 Å². The number of anilines is 1. The Hall–Kier alpha value is -3.85. The summed E-state index contributed by atoms with van der Waals surface area (Å²) in [5, 5.41) is 3.43. The Kier molecular flexibility index (Phi) is 5.64. The van der Waals surface area contributed by atoms with Crippen molar-refractivity contribution in [3.8, 4) is 0 Å². The number of nitrogens with one attached hydrogen (secondary N) is 1. The summed E-state index contributed by atoms with van der Waals surface area (Å²) in [5.41, 5.74) is 3.95. The highest BCUT2D eigenvalue weighted by Crippen LogP contribution is 2.35. The summed E-state index contributed by atoms with van der Waals surface area (Å²) < 4.78 is 14.6. The van der Waals surface area contributed by atoms with E-state index in [1.165, 1.54) is 22.6 Å². The average molecular weight is 488 g/mol. The number of carbonyl (C=O) groups excluding carboxylic acids is 3. The molecule has 8 nitrogen and oxygen atoms in total. The number of amides is 3. The van der Waals surface area contributed by atoms with Crippen molar-refractivity contribution in [2.75, 3.05) is 31.1 Å². The quantitative estimate of drug-likeness (QED) is 0.569. The van der Waals surface area contributed by atoms with Crippen LogP contribution in [0.4, 0.5) is 10.1 Å². The first-order valence-corrected chi connectivity index (χ1v) is 12.2. The predicted molar refractivity (Wildman–Crippen MR) is 132 cm³/mol. The summed E-state index contributed by atoms with van der Waals surface area (Å²) in [6.07, 6.45) is 2.28. The summed E-state index contributed by atoms with van der Waals surface area (Å²) >= 11 is 0. The number of pyridine rings is 1. The molecule has 9 heteroatoms. The molecule has 0 saturated carbocycles. The topological polar surface area (TPSA) is 85.9 Å². The van der Waals surface area contributed by atoms with Crippen LogP contribution >= 0.6 is 0 Å². The Bertz CT molecular complexity index is 1380. The van der Waals surface area contributed by atoms with Gasteiger partial charge in [0.15, 0.2) is 0 Å². The molecule has 2 fully saturated rings. The second kappa shape index (κ2) is 8.98. The third-order valence-corrected chi connectivity index (χ3v) is 7.42. The third-order valence-electron chi connectivity index (χ3n) is 7.42. The molecule has 0 bridgehead atoms. The number of aromatic nitrogens is 1. The van der Waals surface area contributed by atoms with Crippen molar-refractivity contribution in [1.82, 2.24) is 20.1 Å². The molecular formula is C27H26FN5O3. The number of hydrogen-bond donors (Lipinski definition) is 1. The molecule has 36 heavy (non-hydrogen) atoms. The molecule has 2 aromatic carbocycles.